The number of carbonyl (C=O) groups is 2. The van der Waals surface area contributed by atoms with Gasteiger partial charge < -0.3 is 11.1 Å². The molecule has 0 aliphatic heterocycles. The zero-order valence-corrected chi connectivity index (χ0v) is 14.5. The molecule has 3 rings (SSSR count). The highest BCUT2D eigenvalue weighted by molar-refractivity contribution is 7.99. The molecule has 3 N–H and O–H groups in total. The first-order chi connectivity index (χ1) is 12.6. The molecule has 1 heterocycles. The van der Waals surface area contributed by atoms with Crippen LogP contribution < -0.4 is 11.1 Å². The van der Waals surface area contributed by atoms with Crippen molar-refractivity contribution in [1.82, 2.24) is 20.2 Å². The summed E-state index contributed by atoms with van der Waals surface area (Å²) >= 11 is 1.37. The second-order valence-corrected chi connectivity index (χ2v) is 6.33. The van der Waals surface area contributed by atoms with Gasteiger partial charge in [0.05, 0.1) is 16.9 Å². The molecule has 0 unspecified atom stereocenters. The number of para-hydroxylation sites is 2. The lowest BCUT2D eigenvalue weighted by Crippen LogP contribution is -2.18. The summed E-state index contributed by atoms with van der Waals surface area (Å²) in [6.45, 7) is 0. The van der Waals surface area contributed by atoms with Gasteiger partial charge in [-0.05, 0) is 34.7 Å². The molecule has 3 aromatic rings. The van der Waals surface area contributed by atoms with Gasteiger partial charge in [-0.1, -0.05) is 42.1 Å². The number of hydrogen-bond donors (Lipinski definition) is 2. The number of nitrogens with zero attached hydrogens (tertiary/aromatic N) is 4. The maximum absolute atomic E-state index is 12.1. The summed E-state index contributed by atoms with van der Waals surface area (Å²) in [5.74, 6) is -0.320. The Morgan fingerprint density at radius 1 is 1.08 bits per heavy atom. The lowest BCUT2D eigenvalue weighted by molar-refractivity contribution is -0.115. The summed E-state index contributed by atoms with van der Waals surface area (Å²) < 4.78 is 1.62. The number of rotatable bonds is 7. The number of nitrogens with two attached hydrogens (primary N) is 1. The fourth-order valence-corrected chi connectivity index (χ4v) is 3.08. The second kappa shape index (κ2) is 8.26. The number of hydrogen-bond acceptors (Lipinski definition) is 6. The minimum absolute atomic E-state index is 0.218. The molecule has 132 valence electrons. The fourth-order valence-electron chi connectivity index (χ4n) is 2.25. The molecule has 1 aromatic heterocycles. The molecule has 2 amide bonds. The first-order valence-corrected chi connectivity index (χ1v) is 8.79. The van der Waals surface area contributed by atoms with Crippen LogP contribution in [0.25, 0.3) is 5.69 Å². The van der Waals surface area contributed by atoms with E-state index in [-0.39, 0.29) is 17.9 Å². The maximum atomic E-state index is 12.1. The van der Waals surface area contributed by atoms with Gasteiger partial charge in [-0.3, -0.25) is 9.59 Å². The highest BCUT2D eigenvalue weighted by Crippen LogP contribution is 2.19. The number of carbonyl (C=O) groups excluding carboxylic acids is 2. The van der Waals surface area contributed by atoms with Crippen molar-refractivity contribution in [3.05, 3.63) is 60.2 Å². The Kier molecular flexibility index (Phi) is 5.59. The van der Waals surface area contributed by atoms with Crippen molar-refractivity contribution in [2.45, 2.75) is 11.6 Å². The molecule has 0 saturated carbocycles. The van der Waals surface area contributed by atoms with Crippen LogP contribution >= 0.6 is 11.8 Å². The van der Waals surface area contributed by atoms with Crippen LogP contribution in [0.5, 0.6) is 0 Å². The second-order valence-electron chi connectivity index (χ2n) is 5.27. The number of aromatic nitrogens is 4. The smallest absolute Gasteiger partial charge is 0.250 e. The first kappa shape index (κ1) is 17.6. The van der Waals surface area contributed by atoms with E-state index in [2.05, 4.69) is 20.8 Å². The topological polar surface area (TPSA) is 116 Å². The summed E-state index contributed by atoms with van der Waals surface area (Å²) in [6, 6.07) is 16.1. The van der Waals surface area contributed by atoms with Gasteiger partial charge in [0.1, 0.15) is 0 Å². The van der Waals surface area contributed by atoms with Crippen molar-refractivity contribution in [2.75, 3.05) is 11.1 Å². The van der Waals surface area contributed by atoms with Crippen molar-refractivity contribution in [2.24, 2.45) is 5.73 Å². The van der Waals surface area contributed by atoms with Crippen molar-refractivity contribution in [1.29, 1.82) is 0 Å². The van der Waals surface area contributed by atoms with Gasteiger partial charge in [0.15, 0.2) is 0 Å². The minimum atomic E-state index is -0.586. The molecule has 0 bridgehead atoms. The summed E-state index contributed by atoms with van der Waals surface area (Å²) in [6.07, 6.45) is 0.236. The van der Waals surface area contributed by atoms with Gasteiger partial charge in [0.2, 0.25) is 11.1 Å². The Morgan fingerprint density at radius 3 is 2.58 bits per heavy atom. The monoisotopic (exact) mass is 368 g/mol. The Bertz CT molecular complexity index is 912. The number of thioether (sulfide) groups is 1. The SMILES string of the molecule is NC(=O)c1ccccc1NC(=O)CCSc1nnnn1-c1ccccc1. The third-order valence-corrected chi connectivity index (χ3v) is 4.39. The van der Waals surface area contributed by atoms with Gasteiger partial charge in [0.25, 0.3) is 5.91 Å². The van der Waals surface area contributed by atoms with Crippen LogP contribution in [0.1, 0.15) is 16.8 Å². The van der Waals surface area contributed by atoms with E-state index in [0.717, 1.165) is 5.69 Å². The van der Waals surface area contributed by atoms with E-state index in [4.69, 9.17) is 5.73 Å². The largest absolute Gasteiger partial charge is 0.366 e. The average molecular weight is 368 g/mol. The van der Waals surface area contributed by atoms with E-state index >= 15 is 0 Å². The Labute approximate surface area is 153 Å². The van der Waals surface area contributed by atoms with E-state index in [0.29, 0.717) is 16.6 Å². The van der Waals surface area contributed by atoms with Gasteiger partial charge in [-0.25, -0.2) is 0 Å². The van der Waals surface area contributed by atoms with Crippen LogP contribution in [0, 0.1) is 0 Å². The molecule has 0 spiro atoms. The highest BCUT2D eigenvalue weighted by atomic mass is 32.2. The zero-order valence-electron chi connectivity index (χ0n) is 13.7. The van der Waals surface area contributed by atoms with Crippen molar-refractivity contribution in [3.63, 3.8) is 0 Å². The minimum Gasteiger partial charge on any atom is -0.366 e. The van der Waals surface area contributed by atoms with Crippen LogP contribution in [-0.4, -0.2) is 37.8 Å². The van der Waals surface area contributed by atoms with Gasteiger partial charge in [0, 0.05) is 12.2 Å². The van der Waals surface area contributed by atoms with Crippen LogP contribution in [-0.2, 0) is 4.79 Å². The van der Waals surface area contributed by atoms with Gasteiger partial charge in [-0.15, -0.1) is 5.10 Å². The molecular formula is C17H16N6O2S. The Morgan fingerprint density at radius 2 is 1.81 bits per heavy atom. The predicted octanol–water partition coefficient (Wildman–Crippen LogP) is 1.88. The molecule has 2 aromatic carbocycles. The number of nitrogens with one attached hydrogen (secondary N) is 1. The molecule has 0 atom stereocenters. The molecule has 0 radical (unpaired) electrons. The van der Waals surface area contributed by atoms with Crippen LogP contribution in [0.15, 0.2) is 59.8 Å². The quantitative estimate of drug-likeness (QED) is 0.615. The van der Waals surface area contributed by atoms with E-state index in [9.17, 15) is 9.59 Å². The van der Waals surface area contributed by atoms with Crippen LogP contribution in [0.4, 0.5) is 5.69 Å². The molecule has 26 heavy (non-hydrogen) atoms. The third-order valence-electron chi connectivity index (χ3n) is 3.47. The normalized spacial score (nSPS) is 10.5. The molecule has 0 aliphatic rings. The van der Waals surface area contributed by atoms with Crippen molar-refractivity contribution < 1.29 is 9.59 Å². The lowest BCUT2D eigenvalue weighted by Gasteiger charge is -2.08. The molecule has 0 aliphatic carbocycles. The van der Waals surface area contributed by atoms with E-state index in [1.807, 2.05) is 30.3 Å². The summed E-state index contributed by atoms with van der Waals surface area (Å²) in [5.41, 5.74) is 6.84. The maximum Gasteiger partial charge on any atom is 0.250 e. The van der Waals surface area contributed by atoms with E-state index < -0.39 is 5.91 Å². The zero-order chi connectivity index (χ0) is 18.4. The van der Waals surface area contributed by atoms with Crippen molar-refractivity contribution in [3.8, 4) is 5.69 Å². The van der Waals surface area contributed by atoms with E-state index in [1.165, 1.54) is 11.8 Å². The molecule has 0 saturated heterocycles. The van der Waals surface area contributed by atoms with Crippen LogP contribution in [0.2, 0.25) is 0 Å². The third kappa shape index (κ3) is 4.25. The van der Waals surface area contributed by atoms with Gasteiger partial charge >= 0.3 is 0 Å². The summed E-state index contributed by atoms with van der Waals surface area (Å²) in [4.78, 5) is 23.5. The average Bonchev–Trinajstić information content (AvgIpc) is 3.11. The van der Waals surface area contributed by atoms with Gasteiger partial charge in [-0.2, -0.15) is 4.68 Å². The number of benzene rings is 2. The van der Waals surface area contributed by atoms with Crippen molar-refractivity contribution >= 4 is 29.3 Å². The standard InChI is InChI=1S/C17H16N6O2S/c18-16(25)13-8-4-5-9-14(13)19-15(24)10-11-26-17-20-21-22-23(17)12-6-2-1-3-7-12/h1-9H,10-11H2,(H2,18,25)(H,19,24). The summed E-state index contributed by atoms with van der Waals surface area (Å²) in [5, 5.41) is 14.9. The molecule has 8 nitrogen and oxygen atoms in total. The Balaban J connectivity index is 1.57. The number of tetrazole rings is 1. The highest BCUT2D eigenvalue weighted by Gasteiger charge is 2.12. The molecule has 9 heteroatoms. The fraction of sp³-hybridized carbons (Fsp3) is 0.118. The number of anilines is 1. The number of primary amides is 1. The Hall–Kier alpha value is -3.20. The molecule has 0 fully saturated rings. The molecular weight excluding hydrogens is 352 g/mol. The first-order valence-electron chi connectivity index (χ1n) is 7.80. The van der Waals surface area contributed by atoms with E-state index in [1.54, 1.807) is 28.9 Å². The lowest BCUT2D eigenvalue weighted by atomic mass is 10.1. The summed E-state index contributed by atoms with van der Waals surface area (Å²) in [7, 11) is 0. The van der Waals surface area contributed by atoms with Crippen LogP contribution in [0.3, 0.4) is 0 Å². The predicted molar refractivity (Wildman–Crippen MR) is 98.1 cm³/mol. The number of amides is 2.